The molecule has 0 unspecified atom stereocenters. The largest absolute Gasteiger partial charge is 0.103 e. The number of rotatable bonds is 6. The third-order valence-electron chi connectivity index (χ3n) is 1.28. The van der Waals surface area contributed by atoms with E-state index in [2.05, 4.69) is 37.8 Å². The molecular weight excluding hydrogens is 132 g/mol. The van der Waals surface area contributed by atoms with Crippen molar-refractivity contribution in [1.29, 1.82) is 0 Å². The molecule has 0 aromatic heterocycles. The fourth-order valence-corrected chi connectivity index (χ4v) is 0.699. The molecule has 1 radical (unpaired) electrons. The van der Waals surface area contributed by atoms with Gasteiger partial charge in [0.2, 0.25) is 0 Å². The minimum atomic E-state index is 0.975. The van der Waals surface area contributed by atoms with E-state index in [1.54, 1.807) is 0 Å². The van der Waals surface area contributed by atoms with Crippen molar-refractivity contribution in [2.24, 2.45) is 0 Å². The van der Waals surface area contributed by atoms with Crippen LogP contribution in [0.5, 0.6) is 0 Å². The van der Waals surface area contributed by atoms with Crippen molar-refractivity contribution in [2.75, 3.05) is 0 Å². The molecular formula is C11H17. The summed E-state index contributed by atoms with van der Waals surface area (Å²) in [6, 6.07) is 0. The van der Waals surface area contributed by atoms with Crippen LogP contribution in [0.1, 0.15) is 25.7 Å². The Kier molecular flexibility index (Phi) is 8.57. The van der Waals surface area contributed by atoms with Crippen LogP contribution in [-0.4, -0.2) is 0 Å². The summed E-state index contributed by atoms with van der Waals surface area (Å²) >= 11 is 0. The highest BCUT2D eigenvalue weighted by atomic mass is 13.8. The highest BCUT2D eigenvalue weighted by molar-refractivity contribution is 4.95. The van der Waals surface area contributed by atoms with Gasteiger partial charge in [-0.3, -0.25) is 0 Å². The number of hydrogen-bond acceptors (Lipinski definition) is 0. The van der Waals surface area contributed by atoms with E-state index in [1.807, 2.05) is 6.08 Å². The predicted molar refractivity (Wildman–Crippen MR) is 52.3 cm³/mol. The average Bonchev–Trinajstić information content (AvgIpc) is 2.03. The van der Waals surface area contributed by atoms with Gasteiger partial charge < -0.3 is 0 Å². The summed E-state index contributed by atoms with van der Waals surface area (Å²) in [4.78, 5) is 0. The Labute approximate surface area is 70.3 Å². The van der Waals surface area contributed by atoms with E-state index in [0.29, 0.717) is 0 Å². The van der Waals surface area contributed by atoms with E-state index in [1.165, 1.54) is 0 Å². The average molecular weight is 149 g/mol. The van der Waals surface area contributed by atoms with Gasteiger partial charge in [0.05, 0.1) is 0 Å². The Balaban J connectivity index is 3.17. The van der Waals surface area contributed by atoms with Crippen molar-refractivity contribution in [3.05, 3.63) is 43.9 Å². The van der Waals surface area contributed by atoms with Gasteiger partial charge >= 0.3 is 0 Å². The molecule has 0 aromatic carbocycles. The smallest absolute Gasteiger partial charge is 0.0169 e. The van der Waals surface area contributed by atoms with Crippen LogP contribution in [-0.2, 0) is 0 Å². The number of unbranched alkanes of at least 4 members (excludes halogenated alkanes) is 1. The Bertz CT molecular complexity index is 129. The maximum absolute atomic E-state index is 3.75. The Morgan fingerprint density at radius 1 is 0.909 bits per heavy atom. The Morgan fingerprint density at radius 2 is 1.55 bits per heavy atom. The van der Waals surface area contributed by atoms with Crippen molar-refractivity contribution in [3.8, 4) is 0 Å². The van der Waals surface area contributed by atoms with Crippen LogP contribution in [0.3, 0.4) is 0 Å². The number of allylic oxidation sites excluding steroid dienone is 5. The van der Waals surface area contributed by atoms with Gasteiger partial charge in [0.1, 0.15) is 0 Å². The summed E-state index contributed by atoms with van der Waals surface area (Å²) in [5.41, 5.74) is 0. The molecule has 0 atom stereocenters. The lowest BCUT2D eigenvalue weighted by atomic mass is 10.2. The zero-order valence-corrected chi connectivity index (χ0v) is 7.13. The molecule has 0 aliphatic heterocycles. The Hall–Kier alpha value is -0.780. The molecule has 0 fully saturated rings. The van der Waals surface area contributed by atoms with Crippen molar-refractivity contribution in [1.82, 2.24) is 0 Å². The SMILES string of the molecule is [CH2]CC/C=C/C/C=C/CC=C. The van der Waals surface area contributed by atoms with Crippen molar-refractivity contribution in [3.63, 3.8) is 0 Å². The molecule has 0 heteroatoms. The quantitative estimate of drug-likeness (QED) is 0.505. The molecule has 0 saturated carbocycles. The molecule has 11 heavy (non-hydrogen) atoms. The standard InChI is InChI=1S/C11H17/c1-3-5-7-9-11-10-8-6-4-2/h3,7-10H,1-2,4-6,11H2/b9-7+,10-8+. The van der Waals surface area contributed by atoms with Crippen LogP contribution in [0.25, 0.3) is 0 Å². The molecule has 0 saturated heterocycles. The van der Waals surface area contributed by atoms with Gasteiger partial charge in [-0.25, -0.2) is 0 Å². The molecule has 0 rings (SSSR count). The monoisotopic (exact) mass is 149 g/mol. The fourth-order valence-electron chi connectivity index (χ4n) is 0.699. The van der Waals surface area contributed by atoms with Crippen molar-refractivity contribution < 1.29 is 0 Å². The normalized spacial score (nSPS) is 11.4. The van der Waals surface area contributed by atoms with Crippen LogP contribution in [0, 0.1) is 6.92 Å². The molecule has 61 valence electrons. The maximum atomic E-state index is 3.75. The fraction of sp³-hybridized carbons (Fsp3) is 0.364. The van der Waals surface area contributed by atoms with E-state index in [4.69, 9.17) is 0 Å². The molecule has 0 nitrogen and oxygen atoms in total. The highest BCUT2D eigenvalue weighted by Crippen LogP contribution is 1.93. The highest BCUT2D eigenvalue weighted by Gasteiger charge is 1.72. The second-order valence-corrected chi connectivity index (χ2v) is 2.35. The molecule has 0 amide bonds. The van der Waals surface area contributed by atoms with Crippen LogP contribution in [0.15, 0.2) is 37.0 Å². The van der Waals surface area contributed by atoms with Gasteiger partial charge in [0.25, 0.3) is 0 Å². The van der Waals surface area contributed by atoms with Gasteiger partial charge in [-0.05, 0) is 25.7 Å². The lowest BCUT2D eigenvalue weighted by molar-refractivity contribution is 1.04. The zero-order chi connectivity index (χ0) is 8.36. The molecule has 0 heterocycles. The third kappa shape index (κ3) is 9.22. The summed E-state index contributed by atoms with van der Waals surface area (Å²) in [5, 5.41) is 0. The summed E-state index contributed by atoms with van der Waals surface area (Å²) in [7, 11) is 0. The van der Waals surface area contributed by atoms with Crippen molar-refractivity contribution in [2.45, 2.75) is 25.7 Å². The van der Waals surface area contributed by atoms with E-state index in [-0.39, 0.29) is 0 Å². The third-order valence-corrected chi connectivity index (χ3v) is 1.28. The maximum Gasteiger partial charge on any atom is -0.0169 e. The molecule has 0 spiro atoms. The second kappa shape index (κ2) is 9.22. The molecule has 0 N–H and O–H groups in total. The summed E-state index contributed by atoms with van der Waals surface area (Å²) in [5.74, 6) is 0. The molecule has 0 bridgehead atoms. The minimum absolute atomic E-state index is 0.975. The van der Waals surface area contributed by atoms with Gasteiger partial charge in [-0.1, -0.05) is 37.3 Å². The van der Waals surface area contributed by atoms with Crippen LogP contribution in [0.2, 0.25) is 0 Å². The van der Waals surface area contributed by atoms with E-state index >= 15 is 0 Å². The number of hydrogen-bond donors (Lipinski definition) is 0. The van der Waals surface area contributed by atoms with E-state index < -0.39 is 0 Å². The second-order valence-electron chi connectivity index (χ2n) is 2.35. The Morgan fingerprint density at radius 3 is 2.18 bits per heavy atom. The van der Waals surface area contributed by atoms with Crippen LogP contribution >= 0.6 is 0 Å². The first-order chi connectivity index (χ1) is 5.41. The predicted octanol–water partition coefficient (Wildman–Crippen LogP) is 3.68. The first-order valence-corrected chi connectivity index (χ1v) is 4.12. The topological polar surface area (TPSA) is 0 Å². The van der Waals surface area contributed by atoms with E-state index in [9.17, 15) is 0 Å². The molecule has 0 aliphatic carbocycles. The minimum Gasteiger partial charge on any atom is -0.103 e. The molecule has 0 aromatic rings. The summed E-state index contributed by atoms with van der Waals surface area (Å²) < 4.78 is 0. The van der Waals surface area contributed by atoms with Gasteiger partial charge in [0, 0.05) is 0 Å². The summed E-state index contributed by atoms with van der Waals surface area (Å²) in [6.45, 7) is 7.38. The van der Waals surface area contributed by atoms with E-state index in [0.717, 1.165) is 25.7 Å². The van der Waals surface area contributed by atoms with Gasteiger partial charge in [-0.15, -0.1) is 6.58 Å². The van der Waals surface area contributed by atoms with Crippen LogP contribution in [0.4, 0.5) is 0 Å². The van der Waals surface area contributed by atoms with Gasteiger partial charge in [0.15, 0.2) is 0 Å². The molecule has 0 aliphatic rings. The van der Waals surface area contributed by atoms with Crippen molar-refractivity contribution >= 4 is 0 Å². The van der Waals surface area contributed by atoms with Crippen LogP contribution < -0.4 is 0 Å². The first-order valence-electron chi connectivity index (χ1n) is 4.12. The first kappa shape index (κ1) is 10.2. The zero-order valence-electron chi connectivity index (χ0n) is 7.13. The summed E-state index contributed by atoms with van der Waals surface area (Å²) in [6.07, 6.45) is 14.6. The van der Waals surface area contributed by atoms with Gasteiger partial charge in [-0.2, -0.15) is 0 Å². The lowest BCUT2D eigenvalue weighted by Gasteiger charge is -1.83. The lowest BCUT2D eigenvalue weighted by Crippen LogP contribution is -1.62.